The van der Waals surface area contributed by atoms with Gasteiger partial charge in [0.1, 0.15) is 5.82 Å². The number of aromatic nitrogens is 2. The zero-order valence-electron chi connectivity index (χ0n) is 17.6. The maximum absolute atomic E-state index is 11.1. The van der Waals surface area contributed by atoms with Crippen LogP contribution in [0.3, 0.4) is 0 Å². The molecule has 1 aromatic carbocycles. The lowest BCUT2D eigenvalue weighted by Gasteiger charge is -2.19. The molecule has 6 nitrogen and oxygen atoms in total. The average Bonchev–Trinajstić information content (AvgIpc) is 3.15. The molecule has 1 aliphatic heterocycles. The van der Waals surface area contributed by atoms with E-state index in [9.17, 15) is 4.79 Å². The van der Waals surface area contributed by atoms with Gasteiger partial charge in [-0.2, -0.15) is 0 Å². The highest BCUT2D eigenvalue weighted by atomic mass is 32.2. The summed E-state index contributed by atoms with van der Waals surface area (Å²) < 4.78 is 2.36. The number of benzene rings is 1. The van der Waals surface area contributed by atoms with Gasteiger partial charge >= 0.3 is 6.09 Å². The number of fused-ring (bicyclic) bond motifs is 1. The number of amides is 1. The highest BCUT2D eigenvalue weighted by Crippen LogP contribution is 2.32. The Morgan fingerprint density at radius 3 is 2.71 bits per heavy atom. The fraction of sp³-hybridized carbons (Fsp3) is 0.619. The van der Waals surface area contributed by atoms with E-state index >= 15 is 0 Å². The molecule has 1 unspecified atom stereocenters. The van der Waals surface area contributed by atoms with E-state index in [2.05, 4.69) is 62.5 Å². The molecule has 0 spiro atoms. The van der Waals surface area contributed by atoms with Crippen LogP contribution >= 0.6 is 11.8 Å². The summed E-state index contributed by atoms with van der Waals surface area (Å²) in [6.45, 7) is 9.88. The summed E-state index contributed by atoms with van der Waals surface area (Å²) in [4.78, 5) is 21.0. The summed E-state index contributed by atoms with van der Waals surface area (Å²) >= 11 is 1.77. The molecule has 1 aliphatic rings. The third-order valence-corrected chi connectivity index (χ3v) is 6.22. The molecule has 0 radical (unpaired) electrons. The van der Waals surface area contributed by atoms with Crippen molar-refractivity contribution in [2.75, 3.05) is 33.7 Å². The Hall–Kier alpha value is -1.73. The first-order valence-corrected chi connectivity index (χ1v) is 10.8. The summed E-state index contributed by atoms with van der Waals surface area (Å²) in [5.74, 6) is 1.14. The highest BCUT2D eigenvalue weighted by Gasteiger charge is 2.27. The fourth-order valence-electron chi connectivity index (χ4n) is 3.58. The number of rotatable bonds is 6. The maximum atomic E-state index is 11.1. The van der Waals surface area contributed by atoms with Gasteiger partial charge < -0.3 is 19.5 Å². The molecule has 0 aliphatic carbocycles. The van der Waals surface area contributed by atoms with Crippen molar-refractivity contribution in [1.29, 1.82) is 0 Å². The first-order valence-electron chi connectivity index (χ1n) is 9.91. The van der Waals surface area contributed by atoms with Gasteiger partial charge in [-0.3, -0.25) is 0 Å². The lowest BCUT2D eigenvalue weighted by molar-refractivity contribution is 0.156. The van der Waals surface area contributed by atoms with E-state index in [-0.39, 0.29) is 5.41 Å². The Balaban J connectivity index is 1.83. The largest absolute Gasteiger partial charge is 0.465 e. The number of nitrogens with zero attached hydrogens (tertiary/aromatic N) is 4. The fourth-order valence-corrected chi connectivity index (χ4v) is 4.77. The van der Waals surface area contributed by atoms with Crippen molar-refractivity contribution in [2.24, 2.45) is 5.41 Å². The molecule has 1 fully saturated rings. The lowest BCUT2D eigenvalue weighted by Crippen LogP contribution is -2.26. The lowest BCUT2D eigenvalue weighted by atomic mass is 9.92. The van der Waals surface area contributed by atoms with Crippen LogP contribution in [0.1, 0.15) is 33.0 Å². The van der Waals surface area contributed by atoms with Gasteiger partial charge in [-0.25, -0.2) is 9.78 Å². The van der Waals surface area contributed by atoms with Gasteiger partial charge in [0.2, 0.25) is 0 Å². The van der Waals surface area contributed by atoms with E-state index < -0.39 is 6.09 Å². The first-order chi connectivity index (χ1) is 13.1. The van der Waals surface area contributed by atoms with Crippen molar-refractivity contribution in [3.63, 3.8) is 0 Å². The van der Waals surface area contributed by atoms with Gasteiger partial charge in [0.25, 0.3) is 0 Å². The van der Waals surface area contributed by atoms with Crippen molar-refractivity contribution in [1.82, 2.24) is 19.4 Å². The molecule has 1 amide bonds. The van der Waals surface area contributed by atoms with Crippen LogP contribution in [0.15, 0.2) is 23.1 Å². The van der Waals surface area contributed by atoms with Crippen LogP contribution in [0.4, 0.5) is 4.79 Å². The van der Waals surface area contributed by atoms with Crippen molar-refractivity contribution < 1.29 is 9.90 Å². The van der Waals surface area contributed by atoms with Crippen LogP contribution in [0.5, 0.6) is 0 Å². The molecule has 3 rings (SSSR count). The molecule has 0 bridgehead atoms. The summed E-state index contributed by atoms with van der Waals surface area (Å²) in [6, 6.07) is 6.50. The van der Waals surface area contributed by atoms with Crippen molar-refractivity contribution >= 4 is 28.9 Å². The van der Waals surface area contributed by atoms with Crippen LogP contribution in [-0.4, -0.2) is 69.5 Å². The van der Waals surface area contributed by atoms with Crippen LogP contribution in [0.25, 0.3) is 11.0 Å². The van der Waals surface area contributed by atoms with Gasteiger partial charge in [-0.1, -0.05) is 20.8 Å². The van der Waals surface area contributed by atoms with Gasteiger partial charge in [-0.15, -0.1) is 11.8 Å². The monoisotopic (exact) mass is 404 g/mol. The molecule has 1 aromatic heterocycles. The van der Waals surface area contributed by atoms with Crippen molar-refractivity contribution in [3.8, 4) is 0 Å². The van der Waals surface area contributed by atoms with E-state index in [1.807, 2.05) is 0 Å². The molecule has 2 heterocycles. The summed E-state index contributed by atoms with van der Waals surface area (Å²) in [6.07, 6.45) is 1.03. The quantitative estimate of drug-likeness (QED) is 0.788. The highest BCUT2D eigenvalue weighted by molar-refractivity contribution is 8.00. The van der Waals surface area contributed by atoms with E-state index in [0.717, 1.165) is 37.3 Å². The Morgan fingerprint density at radius 1 is 1.36 bits per heavy atom. The minimum Gasteiger partial charge on any atom is -0.465 e. The number of thioether (sulfide) groups is 1. The normalized spacial score (nSPS) is 17.8. The Labute approximate surface area is 171 Å². The smallest absolute Gasteiger partial charge is 0.407 e. The molecule has 28 heavy (non-hydrogen) atoms. The Kier molecular flexibility index (Phi) is 6.25. The number of carboxylic acid groups (broad SMARTS) is 1. The van der Waals surface area contributed by atoms with Crippen molar-refractivity contribution in [2.45, 2.75) is 50.3 Å². The molecule has 1 saturated heterocycles. The Morgan fingerprint density at radius 2 is 2.11 bits per heavy atom. The second-order valence-electron chi connectivity index (χ2n) is 9.13. The Bertz CT molecular complexity index is 841. The van der Waals surface area contributed by atoms with E-state index in [1.54, 1.807) is 11.8 Å². The molecule has 1 N–H and O–H groups in total. The zero-order valence-corrected chi connectivity index (χ0v) is 18.4. The molecule has 154 valence electrons. The summed E-state index contributed by atoms with van der Waals surface area (Å²) in [5.41, 5.74) is 2.40. The van der Waals surface area contributed by atoms with E-state index in [1.165, 1.54) is 15.3 Å². The minimum absolute atomic E-state index is 0.180. The molecule has 0 saturated carbocycles. The minimum atomic E-state index is -0.815. The second-order valence-corrected chi connectivity index (χ2v) is 10.5. The number of carbonyl (C=O) groups is 1. The predicted octanol–water partition coefficient (Wildman–Crippen LogP) is 4.03. The molecule has 7 heteroatoms. The molecular weight excluding hydrogens is 372 g/mol. The SMILES string of the molecule is CN(C)CCn1c(CC(C)(C)C)nc2cc(SC3CCN(C(=O)O)C3)ccc21. The van der Waals surface area contributed by atoms with Crippen LogP contribution in [-0.2, 0) is 13.0 Å². The first kappa shape index (κ1) is 21.0. The second kappa shape index (κ2) is 8.33. The van der Waals surface area contributed by atoms with Crippen LogP contribution in [0.2, 0.25) is 0 Å². The van der Waals surface area contributed by atoms with E-state index in [0.29, 0.717) is 18.3 Å². The molecule has 2 aromatic rings. The van der Waals surface area contributed by atoms with Gasteiger partial charge in [-0.05, 0) is 44.1 Å². The van der Waals surface area contributed by atoms with Gasteiger partial charge in [0.15, 0.2) is 0 Å². The number of imidazole rings is 1. The van der Waals surface area contributed by atoms with E-state index in [4.69, 9.17) is 10.1 Å². The number of hydrogen-bond acceptors (Lipinski definition) is 4. The van der Waals surface area contributed by atoms with Gasteiger partial charge in [0.05, 0.1) is 11.0 Å². The standard InChI is InChI=1S/C21H32N4O2S/c1-21(2,3)13-19-22-17-12-15(28-16-8-9-24(14-16)20(26)27)6-7-18(17)25(19)11-10-23(4)5/h6-7,12,16H,8-11,13-14H2,1-5H3,(H,26,27). The molecule has 1 atom stereocenters. The maximum Gasteiger partial charge on any atom is 0.407 e. The summed E-state index contributed by atoms with van der Waals surface area (Å²) in [7, 11) is 4.19. The third kappa shape index (κ3) is 5.20. The van der Waals surface area contributed by atoms with Crippen molar-refractivity contribution in [3.05, 3.63) is 24.0 Å². The topological polar surface area (TPSA) is 61.6 Å². The predicted molar refractivity (Wildman–Crippen MR) is 115 cm³/mol. The van der Waals surface area contributed by atoms with Gasteiger partial charge in [0, 0.05) is 42.7 Å². The zero-order chi connectivity index (χ0) is 20.5. The average molecular weight is 405 g/mol. The number of likely N-dealkylation sites (tertiary alicyclic amines) is 1. The van der Waals surface area contributed by atoms with Crippen LogP contribution < -0.4 is 0 Å². The number of likely N-dealkylation sites (N-methyl/N-ethyl adjacent to an activating group) is 1. The summed E-state index contributed by atoms with van der Waals surface area (Å²) in [5, 5.41) is 9.47. The molecular formula is C21H32N4O2S. The third-order valence-electron chi connectivity index (χ3n) is 4.98. The number of hydrogen-bond donors (Lipinski definition) is 1. The van der Waals surface area contributed by atoms with Crippen LogP contribution in [0, 0.1) is 5.41 Å².